The predicted molar refractivity (Wildman–Crippen MR) is 52.0 cm³/mol. The zero-order chi connectivity index (χ0) is 8.72. The Balaban J connectivity index is 2.08. The number of fused-ring (bicyclic) bond motifs is 1. The maximum atomic E-state index is 4.10. The summed E-state index contributed by atoms with van der Waals surface area (Å²) in [6.45, 7) is 8.94. The zero-order valence-corrected chi connectivity index (χ0v) is 8.21. The van der Waals surface area contributed by atoms with Gasteiger partial charge < -0.3 is 4.90 Å². The van der Waals surface area contributed by atoms with Crippen LogP contribution in [0, 0.1) is 17.8 Å². The molecule has 0 aromatic heterocycles. The highest BCUT2D eigenvalue weighted by Crippen LogP contribution is 2.44. The van der Waals surface area contributed by atoms with Crippen molar-refractivity contribution in [1.29, 1.82) is 0 Å². The summed E-state index contributed by atoms with van der Waals surface area (Å²) in [6, 6.07) is 0. The van der Waals surface area contributed by atoms with Gasteiger partial charge in [0.2, 0.25) is 0 Å². The molecule has 1 aliphatic heterocycles. The highest BCUT2D eigenvalue weighted by molar-refractivity contribution is 5.06. The smallest absolute Gasteiger partial charge is 0.00156 e. The highest BCUT2D eigenvalue weighted by atomic mass is 15.1. The largest absolute Gasteiger partial charge is 0.306 e. The molecule has 2 aliphatic rings. The molecule has 0 amide bonds. The summed E-state index contributed by atoms with van der Waals surface area (Å²) in [7, 11) is 2.24. The van der Waals surface area contributed by atoms with Crippen molar-refractivity contribution in [3.63, 3.8) is 0 Å². The molecule has 0 bridgehead atoms. The van der Waals surface area contributed by atoms with E-state index in [4.69, 9.17) is 0 Å². The Labute approximate surface area is 75.4 Å². The van der Waals surface area contributed by atoms with Gasteiger partial charge in [-0.2, -0.15) is 0 Å². The fourth-order valence-corrected chi connectivity index (χ4v) is 3.10. The molecule has 1 aliphatic carbocycles. The fraction of sp³-hybridized carbons (Fsp3) is 0.818. The van der Waals surface area contributed by atoms with Crippen LogP contribution < -0.4 is 0 Å². The van der Waals surface area contributed by atoms with Crippen molar-refractivity contribution in [2.75, 3.05) is 20.1 Å². The molecule has 0 spiro atoms. The van der Waals surface area contributed by atoms with Crippen molar-refractivity contribution in [3.8, 4) is 0 Å². The van der Waals surface area contributed by atoms with E-state index in [1.165, 1.54) is 31.5 Å². The standard InChI is InChI=1S/C11H19N/c1-8(2)10-5-4-9-6-12(3)7-11(9)10/h9-11H,1,4-7H2,2-3H3/t9-,10?,11+/m1/s1. The van der Waals surface area contributed by atoms with E-state index >= 15 is 0 Å². The summed E-state index contributed by atoms with van der Waals surface area (Å²) < 4.78 is 0. The molecule has 1 heterocycles. The van der Waals surface area contributed by atoms with Crippen molar-refractivity contribution in [3.05, 3.63) is 12.2 Å². The van der Waals surface area contributed by atoms with E-state index in [0.29, 0.717) is 0 Å². The minimum atomic E-state index is 0.833. The minimum absolute atomic E-state index is 0.833. The lowest BCUT2D eigenvalue weighted by molar-refractivity contribution is 0.356. The van der Waals surface area contributed by atoms with Crippen LogP contribution in [-0.2, 0) is 0 Å². The van der Waals surface area contributed by atoms with Gasteiger partial charge in [-0.05, 0) is 44.6 Å². The molecule has 2 rings (SSSR count). The van der Waals surface area contributed by atoms with Gasteiger partial charge in [-0.1, -0.05) is 12.2 Å². The molecule has 1 saturated heterocycles. The van der Waals surface area contributed by atoms with Crippen LogP contribution in [0.3, 0.4) is 0 Å². The van der Waals surface area contributed by atoms with Gasteiger partial charge in [-0.15, -0.1) is 0 Å². The second kappa shape index (κ2) is 2.88. The summed E-state index contributed by atoms with van der Waals surface area (Å²) >= 11 is 0. The van der Waals surface area contributed by atoms with Crippen LogP contribution in [-0.4, -0.2) is 25.0 Å². The molecule has 68 valence electrons. The maximum Gasteiger partial charge on any atom is 0.00156 e. The van der Waals surface area contributed by atoms with Crippen molar-refractivity contribution in [2.24, 2.45) is 17.8 Å². The van der Waals surface area contributed by atoms with E-state index < -0.39 is 0 Å². The van der Waals surface area contributed by atoms with Crippen molar-refractivity contribution in [1.82, 2.24) is 4.90 Å². The van der Waals surface area contributed by atoms with Crippen LogP contribution in [0.5, 0.6) is 0 Å². The summed E-state index contributed by atoms with van der Waals surface area (Å²) in [5.41, 5.74) is 1.41. The first-order valence-corrected chi connectivity index (χ1v) is 5.02. The van der Waals surface area contributed by atoms with Crippen LogP contribution in [0.1, 0.15) is 19.8 Å². The van der Waals surface area contributed by atoms with E-state index in [9.17, 15) is 0 Å². The first-order chi connectivity index (χ1) is 5.68. The van der Waals surface area contributed by atoms with Crippen LogP contribution in [0.2, 0.25) is 0 Å². The van der Waals surface area contributed by atoms with Crippen LogP contribution in [0.25, 0.3) is 0 Å². The fourth-order valence-electron chi connectivity index (χ4n) is 3.10. The van der Waals surface area contributed by atoms with Crippen molar-refractivity contribution in [2.45, 2.75) is 19.8 Å². The van der Waals surface area contributed by atoms with Gasteiger partial charge in [-0.3, -0.25) is 0 Å². The van der Waals surface area contributed by atoms with E-state index in [0.717, 1.165) is 17.8 Å². The third kappa shape index (κ3) is 1.20. The van der Waals surface area contributed by atoms with Crippen LogP contribution in [0.15, 0.2) is 12.2 Å². The Kier molecular flexibility index (Phi) is 1.99. The number of allylic oxidation sites excluding steroid dienone is 1. The molecule has 0 radical (unpaired) electrons. The second-order valence-corrected chi connectivity index (χ2v) is 4.68. The van der Waals surface area contributed by atoms with Gasteiger partial charge in [0, 0.05) is 13.1 Å². The van der Waals surface area contributed by atoms with E-state index in [-0.39, 0.29) is 0 Å². The number of likely N-dealkylation sites (tertiary alicyclic amines) is 1. The lowest BCUT2D eigenvalue weighted by atomic mass is 9.88. The lowest BCUT2D eigenvalue weighted by Crippen LogP contribution is -2.18. The number of hydrogen-bond acceptors (Lipinski definition) is 1. The quantitative estimate of drug-likeness (QED) is 0.538. The Morgan fingerprint density at radius 1 is 1.33 bits per heavy atom. The van der Waals surface area contributed by atoms with Crippen molar-refractivity contribution < 1.29 is 0 Å². The Morgan fingerprint density at radius 3 is 2.75 bits per heavy atom. The topological polar surface area (TPSA) is 3.24 Å². The molecule has 1 heteroatoms. The molecule has 3 atom stereocenters. The van der Waals surface area contributed by atoms with Gasteiger partial charge in [0.25, 0.3) is 0 Å². The predicted octanol–water partition coefficient (Wildman–Crippen LogP) is 2.15. The second-order valence-electron chi connectivity index (χ2n) is 4.68. The molecule has 0 N–H and O–H groups in total. The molecule has 12 heavy (non-hydrogen) atoms. The Hall–Kier alpha value is -0.300. The Morgan fingerprint density at radius 2 is 2.08 bits per heavy atom. The lowest BCUT2D eigenvalue weighted by Gasteiger charge is -2.18. The Bertz CT molecular complexity index is 197. The average Bonchev–Trinajstić information content (AvgIpc) is 2.43. The minimum Gasteiger partial charge on any atom is -0.306 e. The monoisotopic (exact) mass is 165 g/mol. The normalized spacial score (nSPS) is 41.7. The van der Waals surface area contributed by atoms with Gasteiger partial charge in [0.05, 0.1) is 0 Å². The van der Waals surface area contributed by atoms with Crippen LogP contribution >= 0.6 is 0 Å². The first kappa shape index (κ1) is 8.31. The maximum absolute atomic E-state index is 4.10. The highest BCUT2D eigenvalue weighted by Gasteiger charge is 2.41. The molecule has 0 aromatic carbocycles. The summed E-state index contributed by atoms with van der Waals surface area (Å²) in [4.78, 5) is 2.48. The molecule has 0 aromatic rings. The molecule has 1 nitrogen and oxygen atoms in total. The van der Waals surface area contributed by atoms with E-state index in [1.54, 1.807) is 0 Å². The molecular weight excluding hydrogens is 146 g/mol. The first-order valence-electron chi connectivity index (χ1n) is 5.02. The van der Waals surface area contributed by atoms with Crippen LogP contribution in [0.4, 0.5) is 0 Å². The van der Waals surface area contributed by atoms with E-state index in [1.807, 2.05) is 0 Å². The average molecular weight is 165 g/mol. The number of nitrogens with zero attached hydrogens (tertiary/aromatic N) is 1. The zero-order valence-electron chi connectivity index (χ0n) is 8.21. The third-order valence-electron chi connectivity index (χ3n) is 3.67. The van der Waals surface area contributed by atoms with E-state index in [2.05, 4.69) is 25.5 Å². The van der Waals surface area contributed by atoms with Gasteiger partial charge in [-0.25, -0.2) is 0 Å². The molecular formula is C11H19N. The van der Waals surface area contributed by atoms with Gasteiger partial charge in [0.15, 0.2) is 0 Å². The summed E-state index contributed by atoms with van der Waals surface area (Å²) in [5.74, 6) is 2.75. The summed E-state index contributed by atoms with van der Waals surface area (Å²) in [6.07, 6.45) is 2.84. The van der Waals surface area contributed by atoms with Crippen molar-refractivity contribution >= 4 is 0 Å². The molecule has 2 fully saturated rings. The van der Waals surface area contributed by atoms with Gasteiger partial charge in [0.1, 0.15) is 0 Å². The number of hydrogen-bond donors (Lipinski definition) is 0. The van der Waals surface area contributed by atoms with Gasteiger partial charge >= 0.3 is 0 Å². The number of rotatable bonds is 1. The summed E-state index contributed by atoms with van der Waals surface area (Å²) in [5, 5.41) is 0. The molecule has 1 unspecified atom stereocenters. The molecule has 1 saturated carbocycles. The SMILES string of the molecule is C=C(C)C1CC[C@@H]2CN(C)C[C@H]12. The third-order valence-corrected chi connectivity index (χ3v) is 3.67.